The van der Waals surface area contributed by atoms with Gasteiger partial charge < -0.3 is 5.32 Å². The monoisotopic (exact) mass is 231 g/mol. The molecule has 0 radical (unpaired) electrons. The van der Waals surface area contributed by atoms with E-state index >= 15 is 0 Å². The molecular formula is C12H17N5. The Hall–Kier alpha value is -1.75. The first-order chi connectivity index (χ1) is 8.27. The first-order valence-electron chi connectivity index (χ1n) is 5.76. The van der Waals surface area contributed by atoms with Gasteiger partial charge in [-0.1, -0.05) is 6.07 Å². The minimum absolute atomic E-state index is 0.337. The molecule has 0 amide bonds. The van der Waals surface area contributed by atoms with Crippen molar-refractivity contribution in [3.63, 3.8) is 0 Å². The molecular weight excluding hydrogens is 214 g/mol. The fourth-order valence-electron chi connectivity index (χ4n) is 1.64. The van der Waals surface area contributed by atoms with Crippen LogP contribution in [0.3, 0.4) is 0 Å². The van der Waals surface area contributed by atoms with Crippen LogP contribution >= 0.6 is 0 Å². The fourth-order valence-corrected chi connectivity index (χ4v) is 1.64. The van der Waals surface area contributed by atoms with Crippen molar-refractivity contribution in [2.45, 2.75) is 33.0 Å². The Morgan fingerprint density at radius 1 is 1.24 bits per heavy atom. The Balaban J connectivity index is 1.88. The lowest BCUT2D eigenvalue weighted by molar-refractivity contribution is 0.489. The zero-order chi connectivity index (χ0) is 12.1. The van der Waals surface area contributed by atoms with Crippen molar-refractivity contribution < 1.29 is 0 Å². The van der Waals surface area contributed by atoms with Gasteiger partial charge in [-0.25, -0.2) is 9.67 Å². The molecule has 2 heterocycles. The topological polar surface area (TPSA) is 55.6 Å². The number of hydrogen-bond donors (Lipinski definition) is 1. The van der Waals surface area contributed by atoms with Crippen LogP contribution in [0.4, 0.5) is 0 Å². The third-order valence-electron chi connectivity index (χ3n) is 2.45. The Kier molecular flexibility index (Phi) is 3.82. The second kappa shape index (κ2) is 5.54. The highest BCUT2D eigenvalue weighted by Crippen LogP contribution is 2.04. The Morgan fingerprint density at radius 2 is 2.12 bits per heavy atom. The molecule has 0 aromatic carbocycles. The smallest absolute Gasteiger partial charge is 0.141 e. The summed E-state index contributed by atoms with van der Waals surface area (Å²) in [6.45, 7) is 5.63. The molecule has 2 aromatic heterocycles. The van der Waals surface area contributed by atoms with Crippen molar-refractivity contribution in [2.24, 2.45) is 0 Å². The third-order valence-corrected chi connectivity index (χ3v) is 2.45. The number of hydrogen-bond acceptors (Lipinski definition) is 4. The van der Waals surface area contributed by atoms with Gasteiger partial charge in [0, 0.05) is 18.8 Å². The largest absolute Gasteiger partial charge is 0.304 e. The Bertz CT molecular complexity index is 449. The van der Waals surface area contributed by atoms with Crippen LogP contribution in [0.15, 0.2) is 30.7 Å². The Morgan fingerprint density at radius 3 is 2.82 bits per heavy atom. The molecule has 2 aromatic rings. The zero-order valence-corrected chi connectivity index (χ0v) is 10.2. The van der Waals surface area contributed by atoms with E-state index in [4.69, 9.17) is 0 Å². The van der Waals surface area contributed by atoms with Crippen molar-refractivity contribution in [2.75, 3.05) is 0 Å². The first kappa shape index (κ1) is 11.7. The van der Waals surface area contributed by atoms with Gasteiger partial charge in [-0.05, 0) is 26.0 Å². The molecule has 0 atom stereocenters. The summed E-state index contributed by atoms with van der Waals surface area (Å²) in [4.78, 5) is 8.49. The molecule has 0 spiro atoms. The van der Waals surface area contributed by atoms with Crippen LogP contribution < -0.4 is 5.32 Å². The van der Waals surface area contributed by atoms with Crippen molar-refractivity contribution in [1.29, 1.82) is 0 Å². The molecule has 5 heteroatoms. The summed E-state index contributed by atoms with van der Waals surface area (Å²) in [7, 11) is 0. The highest BCUT2D eigenvalue weighted by atomic mass is 15.3. The molecule has 0 bridgehead atoms. The summed E-state index contributed by atoms with van der Waals surface area (Å²) < 4.78 is 1.92. The number of nitrogens with one attached hydrogen (secondary N) is 1. The quantitative estimate of drug-likeness (QED) is 0.848. The number of aromatic nitrogens is 4. The van der Waals surface area contributed by atoms with Gasteiger partial charge in [-0.3, -0.25) is 4.98 Å². The van der Waals surface area contributed by atoms with Crippen LogP contribution in [0.5, 0.6) is 0 Å². The van der Waals surface area contributed by atoms with E-state index in [1.807, 2.05) is 22.9 Å². The molecule has 0 unspecified atom stereocenters. The van der Waals surface area contributed by atoms with Gasteiger partial charge in [0.05, 0.1) is 12.2 Å². The normalized spacial score (nSPS) is 11.0. The number of pyridine rings is 1. The molecule has 0 fully saturated rings. The first-order valence-corrected chi connectivity index (χ1v) is 5.76. The van der Waals surface area contributed by atoms with E-state index in [0.29, 0.717) is 12.6 Å². The van der Waals surface area contributed by atoms with E-state index < -0.39 is 0 Å². The van der Waals surface area contributed by atoms with E-state index in [0.717, 1.165) is 18.1 Å². The van der Waals surface area contributed by atoms with Gasteiger partial charge in [0.2, 0.25) is 0 Å². The van der Waals surface area contributed by atoms with Crippen LogP contribution in [0.1, 0.15) is 31.4 Å². The second-order valence-corrected chi connectivity index (χ2v) is 4.14. The average molecular weight is 231 g/mol. The van der Waals surface area contributed by atoms with Crippen molar-refractivity contribution >= 4 is 0 Å². The van der Waals surface area contributed by atoms with E-state index in [1.54, 1.807) is 12.5 Å². The summed E-state index contributed by atoms with van der Waals surface area (Å²) in [6.07, 6.45) is 3.39. The van der Waals surface area contributed by atoms with E-state index in [2.05, 4.69) is 34.2 Å². The molecule has 2 rings (SSSR count). The van der Waals surface area contributed by atoms with E-state index in [9.17, 15) is 0 Å². The summed E-state index contributed by atoms with van der Waals surface area (Å²) in [5.74, 6) is 0.955. The molecule has 17 heavy (non-hydrogen) atoms. The molecule has 0 aliphatic rings. The lowest BCUT2D eigenvalue weighted by Gasteiger charge is -2.09. The minimum atomic E-state index is 0.337. The minimum Gasteiger partial charge on any atom is -0.304 e. The second-order valence-electron chi connectivity index (χ2n) is 4.14. The maximum atomic E-state index is 4.25. The van der Waals surface area contributed by atoms with E-state index in [1.165, 1.54) is 0 Å². The van der Waals surface area contributed by atoms with Gasteiger partial charge in [-0.15, -0.1) is 0 Å². The Labute approximate surface area is 101 Å². The maximum absolute atomic E-state index is 4.25. The highest BCUT2D eigenvalue weighted by molar-refractivity contribution is 5.03. The van der Waals surface area contributed by atoms with Crippen molar-refractivity contribution in [1.82, 2.24) is 25.1 Å². The zero-order valence-electron chi connectivity index (χ0n) is 10.2. The van der Waals surface area contributed by atoms with Gasteiger partial charge in [0.15, 0.2) is 0 Å². The average Bonchev–Trinajstić information content (AvgIpc) is 2.79. The summed E-state index contributed by atoms with van der Waals surface area (Å²) in [6, 6.07) is 6.24. The van der Waals surface area contributed by atoms with Crippen molar-refractivity contribution in [3.05, 3.63) is 42.2 Å². The van der Waals surface area contributed by atoms with Gasteiger partial charge in [0.1, 0.15) is 12.2 Å². The molecule has 0 aliphatic carbocycles. The molecule has 90 valence electrons. The van der Waals surface area contributed by atoms with Crippen LogP contribution in [0, 0.1) is 0 Å². The van der Waals surface area contributed by atoms with Crippen LogP contribution in [-0.4, -0.2) is 19.7 Å². The summed E-state index contributed by atoms with van der Waals surface area (Å²) >= 11 is 0. The van der Waals surface area contributed by atoms with Crippen LogP contribution in [0.2, 0.25) is 0 Å². The molecule has 0 saturated carbocycles. The lowest BCUT2D eigenvalue weighted by atomic mass is 10.3. The van der Waals surface area contributed by atoms with Crippen LogP contribution in [0.25, 0.3) is 0 Å². The lowest BCUT2D eigenvalue weighted by Crippen LogP contribution is -2.18. The molecule has 5 nitrogen and oxygen atoms in total. The van der Waals surface area contributed by atoms with Crippen LogP contribution in [-0.2, 0) is 13.1 Å². The predicted octanol–water partition coefficient (Wildman–Crippen LogP) is 1.54. The number of rotatable bonds is 5. The van der Waals surface area contributed by atoms with Gasteiger partial charge >= 0.3 is 0 Å². The molecule has 0 aliphatic heterocycles. The van der Waals surface area contributed by atoms with E-state index in [-0.39, 0.29) is 0 Å². The highest BCUT2D eigenvalue weighted by Gasteiger charge is 2.06. The predicted molar refractivity (Wildman–Crippen MR) is 65.2 cm³/mol. The number of nitrogens with zero attached hydrogens (tertiary/aromatic N) is 4. The summed E-state index contributed by atoms with van der Waals surface area (Å²) in [5.41, 5.74) is 1.03. The van der Waals surface area contributed by atoms with Gasteiger partial charge in [-0.2, -0.15) is 5.10 Å². The SMILES string of the molecule is CC(C)n1ncnc1CNCc1ccccn1. The third kappa shape index (κ3) is 3.10. The maximum Gasteiger partial charge on any atom is 0.141 e. The fraction of sp³-hybridized carbons (Fsp3) is 0.417. The van der Waals surface area contributed by atoms with Crippen molar-refractivity contribution in [3.8, 4) is 0 Å². The molecule has 1 N–H and O–H groups in total. The van der Waals surface area contributed by atoms with Gasteiger partial charge in [0.25, 0.3) is 0 Å². The summed E-state index contributed by atoms with van der Waals surface area (Å²) in [5, 5.41) is 7.50. The molecule has 0 saturated heterocycles. The standard InChI is InChI=1S/C12H17N5/c1-10(2)17-12(15-9-16-17)8-13-7-11-5-3-4-6-14-11/h3-6,9-10,13H,7-8H2,1-2H3.